The highest BCUT2D eigenvalue weighted by Gasteiger charge is 2.43. The summed E-state index contributed by atoms with van der Waals surface area (Å²) in [5, 5.41) is 12.9. The quantitative estimate of drug-likeness (QED) is 0.469. The molecule has 3 aromatic rings. The van der Waals surface area contributed by atoms with Crippen LogP contribution in [0.3, 0.4) is 0 Å². The number of aromatic nitrogens is 3. The molecule has 1 aromatic heterocycles. The molecule has 0 saturated heterocycles. The molecule has 0 spiro atoms. The van der Waals surface area contributed by atoms with Crippen LogP contribution in [0.4, 0.5) is 0 Å². The number of nitrogens with one attached hydrogen (secondary N) is 1. The molecule has 1 aliphatic carbocycles. The third-order valence-electron chi connectivity index (χ3n) is 6.76. The van der Waals surface area contributed by atoms with E-state index < -0.39 is 5.41 Å². The van der Waals surface area contributed by atoms with Gasteiger partial charge < -0.3 is 14.6 Å². The van der Waals surface area contributed by atoms with E-state index in [0.29, 0.717) is 0 Å². The summed E-state index contributed by atoms with van der Waals surface area (Å²) in [6, 6.07) is 16.1. The zero-order chi connectivity index (χ0) is 23.4. The third kappa shape index (κ3) is 4.78. The average molecular weight is 465 g/mol. The van der Waals surface area contributed by atoms with E-state index in [2.05, 4.69) is 46.7 Å². The van der Waals surface area contributed by atoms with Crippen molar-refractivity contribution in [2.75, 3.05) is 7.11 Å². The lowest BCUT2D eigenvalue weighted by Crippen LogP contribution is -2.44. The van der Waals surface area contributed by atoms with Gasteiger partial charge in [0.15, 0.2) is 11.0 Å². The van der Waals surface area contributed by atoms with Crippen molar-refractivity contribution in [1.82, 2.24) is 20.1 Å². The van der Waals surface area contributed by atoms with Crippen LogP contribution < -0.4 is 10.1 Å². The van der Waals surface area contributed by atoms with Crippen LogP contribution in [-0.2, 0) is 23.0 Å². The van der Waals surface area contributed by atoms with Gasteiger partial charge in [-0.05, 0) is 55.5 Å². The Bertz CT molecular complexity index is 1100. The number of ether oxygens (including phenoxy) is 1. The zero-order valence-corrected chi connectivity index (χ0v) is 20.6. The van der Waals surface area contributed by atoms with Gasteiger partial charge in [0, 0.05) is 12.8 Å². The van der Waals surface area contributed by atoms with Gasteiger partial charge in [-0.1, -0.05) is 61.0 Å². The van der Waals surface area contributed by atoms with Gasteiger partial charge in [0.2, 0.25) is 5.91 Å². The van der Waals surface area contributed by atoms with Crippen LogP contribution in [0.1, 0.15) is 61.2 Å². The molecule has 2 aromatic carbocycles. The zero-order valence-electron chi connectivity index (χ0n) is 19.8. The molecular weight excluding hydrogens is 432 g/mol. The van der Waals surface area contributed by atoms with E-state index in [1.807, 2.05) is 42.8 Å². The van der Waals surface area contributed by atoms with Crippen LogP contribution in [0.2, 0.25) is 0 Å². The maximum atomic E-state index is 13.6. The molecule has 1 unspecified atom stereocenters. The van der Waals surface area contributed by atoms with Crippen LogP contribution in [0.25, 0.3) is 0 Å². The largest absolute Gasteiger partial charge is 0.497 e. The van der Waals surface area contributed by atoms with Crippen molar-refractivity contribution in [3.8, 4) is 5.75 Å². The highest BCUT2D eigenvalue weighted by atomic mass is 32.2. The number of benzene rings is 2. The Kier molecular flexibility index (Phi) is 7.08. The summed E-state index contributed by atoms with van der Waals surface area (Å²) in [7, 11) is 3.62. The molecule has 1 saturated carbocycles. The molecule has 33 heavy (non-hydrogen) atoms. The smallest absolute Gasteiger partial charge is 0.231 e. The highest BCUT2D eigenvalue weighted by Crippen LogP contribution is 2.42. The van der Waals surface area contributed by atoms with Gasteiger partial charge in [-0.2, -0.15) is 0 Å². The number of thioether (sulfide) groups is 1. The Hall–Kier alpha value is -2.80. The van der Waals surface area contributed by atoms with Crippen molar-refractivity contribution in [2.45, 2.75) is 61.9 Å². The molecule has 6 nitrogen and oxygen atoms in total. The summed E-state index contributed by atoms with van der Waals surface area (Å²) in [5.41, 5.74) is 3.11. The highest BCUT2D eigenvalue weighted by molar-refractivity contribution is 7.98. The number of carbonyl (C=O) groups excluding carboxylic acids is 1. The second-order valence-corrected chi connectivity index (χ2v) is 9.77. The van der Waals surface area contributed by atoms with Crippen LogP contribution >= 0.6 is 11.8 Å². The van der Waals surface area contributed by atoms with Crippen molar-refractivity contribution < 1.29 is 9.53 Å². The predicted octanol–water partition coefficient (Wildman–Crippen LogP) is 5.11. The fraction of sp³-hybridized carbons (Fsp3) is 0.423. The minimum atomic E-state index is -0.498. The van der Waals surface area contributed by atoms with E-state index in [-0.39, 0.29) is 11.9 Å². The minimum absolute atomic E-state index is 0.0646. The number of carbonyl (C=O) groups is 1. The second kappa shape index (κ2) is 10.00. The van der Waals surface area contributed by atoms with Crippen molar-refractivity contribution in [3.05, 3.63) is 71.0 Å². The number of nitrogens with zero attached hydrogens (tertiary/aromatic N) is 3. The molecule has 0 radical (unpaired) electrons. The fourth-order valence-electron chi connectivity index (χ4n) is 4.68. The van der Waals surface area contributed by atoms with Gasteiger partial charge in [-0.3, -0.25) is 4.79 Å². The van der Waals surface area contributed by atoms with E-state index in [1.54, 1.807) is 18.9 Å². The Morgan fingerprint density at radius 2 is 1.85 bits per heavy atom. The molecule has 7 heteroatoms. The lowest BCUT2D eigenvalue weighted by molar-refractivity contribution is -0.127. The molecule has 174 valence electrons. The average Bonchev–Trinajstić information content (AvgIpc) is 3.46. The molecule has 4 rings (SSSR count). The van der Waals surface area contributed by atoms with E-state index >= 15 is 0 Å². The monoisotopic (exact) mass is 464 g/mol. The Balaban J connectivity index is 1.47. The minimum Gasteiger partial charge on any atom is -0.497 e. The van der Waals surface area contributed by atoms with Crippen molar-refractivity contribution in [3.63, 3.8) is 0 Å². The summed E-state index contributed by atoms with van der Waals surface area (Å²) in [6.07, 6.45) is 3.82. The summed E-state index contributed by atoms with van der Waals surface area (Å²) in [4.78, 5) is 13.6. The molecule has 1 N–H and O–H groups in total. The summed E-state index contributed by atoms with van der Waals surface area (Å²) >= 11 is 1.66. The fourth-order valence-corrected chi connectivity index (χ4v) is 5.67. The molecule has 1 aliphatic rings. The molecule has 1 fully saturated rings. The van der Waals surface area contributed by atoms with E-state index in [1.165, 1.54) is 11.1 Å². The van der Waals surface area contributed by atoms with Crippen molar-refractivity contribution >= 4 is 17.7 Å². The lowest BCUT2D eigenvalue weighted by Gasteiger charge is -2.30. The van der Waals surface area contributed by atoms with Gasteiger partial charge in [0.05, 0.1) is 18.6 Å². The first-order valence-electron chi connectivity index (χ1n) is 11.5. The number of aryl methyl sites for hydroxylation is 1. The molecular formula is C26H32N4O2S. The molecule has 1 amide bonds. The van der Waals surface area contributed by atoms with E-state index in [0.717, 1.165) is 53.7 Å². The van der Waals surface area contributed by atoms with E-state index in [4.69, 9.17) is 4.74 Å². The van der Waals surface area contributed by atoms with Gasteiger partial charge in [-0.25, -0.2) is 0 Å². The Morgan fingerprint density at radius 3 is 2.52 bits per heavy atom. The van der Waals surface area contributed by atoms with E-state index in [9.17, 15) is 4.79 Å². The van der Waals surface area contributed by atoms with Crippen molar-refractivity contribution in [2.24, 2.45) is 7.05 Å². The first-order valence-corrected chi connectivity index (χ1v) is 12.5. The predicted molar refractivity (Wildman–Crippen MR) is 131 cm³/mol. The number of rotatable bonds is 8. The maximum Gasteiger partial charge on any atom is 0.231 e. The number of methoxy groups -OCH3 is 1. The summed E-state index contributed by atoms with van der Waals surface area (Å²) < 4.78 is 7.29. The van der Waals surface area contributed by atoms with Crippen molar-refractivity contribution in [1.29, 1.82) is 0 Å². The molecule has 1 atom stereocenters. The SMILES string of the molecule is COc1ccc(C2(C(=O)NC(C)c3nnc(SCc4ccccc4C)n3C)CCCC2)cc1. The van der Waals surface area contributed by atoms with Gasteiger partial charge in [0.25, 0.3) is 0 Å². The third-order valence-corrected chi connectivity index (χ3v) is 7.82. The first kappa shape index (κ1) is 23.4. The lowest BCUT2D eigenvalue weighted by atomic mass is 9.77. The Labute approximate surface area is 200 Å². The van der Waals surface area contributed by atoms with Gasteiger partial charge in [0.1, 0.15) is 5.75 Å². The molecule has 1 heterocycles. The standard InChI is InChI=1S/C26H32N4O2S/c1-18-9-5-6-10-20(18)17-33-25-29-28-23(30(25)3)19(2)27-24(31)26(15-7-8-16-26)21-11-13-22(32-4)14-12-21/h5-6,9-14,19H,7-8,15-17H2,1-4H3,(H,27,31). The van der Waals surface area contributed by atoms with Crippen LogP contribution in [0.15, 0.2) is 53.7 Å². The van der Waals surface area contributed by atoms with Gasteiger partial charge in [-0.15, -0.1) is 10.2 Å². The molecule has 0 aliphatic heterocycles. The van der Waals surface area contributed by atoms with Crippen LogP contribution in [0.5, 0.6) is 5.75 Å². The number of hydrogen-bond acceptors (Lipinski definition) is 5. The van der Waals surface area contributed by atoms with Crippen LogP contribution in [0, 0.1) is 6.92 Å². The maximum absolute atomic E-state index is 13.6. The van der Waals surface area contributed by atoms with Crippen LogP contribution in [-0.4, -0.2) is 27.8 Å². The summed E-state index contributed by atoms with van der Waals surface area (Å²) in [6.45, 7) is 4.10. The molecule has 0 bridgehead atoms. The topological polar surface area (TPSA) is 69.0 Å². The normalized spacial score (nSPS) is 15.9. The Morgan fingerprint density at radius 1 is 1.15 bits per heavy atom. The van der Waals surface area contributed by atoms with Gasteiger partial charge >= 0.3 is 0 Å². The summed E-state index contributed by atoms with van der Waals surface area (Å²) in [5.74, 6) is 2.46. The number of hydrogen-bond donors (Lipinski definition) is 1. The second-order valence-electron chi connectivity index (χ2n) is 8.83. The first-order chi connectivity index (χ1) is 15.9. The number of amides is 1.